The molecule has 1 saturated heterocycles. The van der Waals surface area contributed by atoms with Crippen LogP contribution in [0.2, 0.25) is 0 Å². The van der Waals surface area contributed by atoms with Crippen LogP contribution >= 0.6 is 0 Å². The number of nitrogens with zero attached hydrogens (tertiary/aromatic N) is 5. The lowest BCUT2D eigenvalue weighted by molar-refractivity contribution is -0.131. The summed E-state index contributed by atoms with van der Waals surface area (Å²) in [5, 5.41) is 8.64. The number of hydrogen-bond acceptors (Lipinski definition) is 6. The Bertz CT molecular complexity index is 1470. The minimum atomic E-state index is -0.704. The third-order valence-electron chi connectivity index (χ3n) is 6.96. The van der Waals surface area contributed by atoms with Gasteiger partial charge >= 0.3 is 0 Å². The minimum absolute atomic E-state index is 0.0382. The third-order valence-corrected chi connectivity index (χ3v) is 6.96. The molecular formula is C29H29F2N5O2. The van der Waals surface area contributed by atoms with Crippen LogP contribution in [0.15, 0.2) is 40.8 Å². The summed E-state index contributed by atoms with van der Waals surface area (Å²) in [6, 6.07) is 9.72. The first kappa shape index (κ1) is 25.6. The Hall–Kier alpha value is -4.01. The Labute approximate surface area is 220 Å². The number of carbonyl (C=O) groups excluding carboxylic acids is 1. The second kappa shape index (κ2) is 10.4. The summed E-state index contributed by atoms with van der Waals surface area (Å²) in [6.45, 7) is 8.70. The highest BCUT2D eigenvalue weighted by molar-refractivity contribution is 5.79. The molecule has 1 aliphatic rings. The number of aryl methyl sites for hydroxylation is 4. The van der Waals surface area contributed by atoms with E-state index in [9.17, 15) is 13.6 Å². The molecule has 3 heterocycles. The number of aromatic nitrogens is 4. The molecule has 0 atom stereocenters. The SMILES string of the molecule is Cc1cc(C)cc(-c2nnc(-c3c(C)nc(C)nc3C3CCN(C(=O)Cc4c(F)cccc4F)CC3)o2)c1. The maximum absolute atomic E-state index is 14.0. The van der Waals surface area contributed by atoms with Gasteiger partial charge in [0.1, 0.15) is 17.5 Å². The minimum Gasteiger partial charge on any atom is -0.416 e. The normalized spacial score (nSPS) is 14.2. The number of likely N-dealkylation sites (tertiary alicyclic amines) is 1. The van der Waals surface area contributed by atoms with Crippen LogP contribution in [0.5, 0.6) is 0 Å². The van der Waals surface area contributed by atoms with Gasteiger partial charge in [-0.15, -0.1) is 10.2 Å². The van der Waals surface area contributed by atoms with Gasteiger partial charge in [-0.3, -0.25) is 4.79 Å². The first-order valence-corrected chi connectivity index (χ1v) is 12.7. The zero-order chi connectivity index (χ0) is 27.0. The average molecular weight is 518 g/mol. The van der Waals surface area contributed by atoms with Gasteiger partial charge in [-0.2, -0.15) is 0 Å². The maximum Gasteiger partial charge on any atom is 0.251 e. The monoisotopic (exact) mass is 517 g/mol. The van der Waals surface area contributed by atoms with Gasteiger partial charge in [-0.25, -0.2) is 18.7 Å². The van der Waals surface area contributed by atoms with Gasteiger partial charge in [0.05, 0.1) is 23.4 Å². The number of carbonyl (C=O) groups is 1. The molecule has 0 radical (unpaired) electrons. The Kier molecular flexibility index (Phi) is 7.01. The van der Waals surface area contributed by atoms with Crippen molar-refractivity contribution in [3.05, 3.63) is 81.9 Å². The van der Waals surface area contributed by atoms with E-state index in [4.69, 9.17) is 9.40 Å². The molecule has 0 saturated carbocycles. The third kappa shape index (κ3) is 5.18. The van der Waals surface area contributed by atoms with Crippen molar-refractivity contribution in [2.75, 3.05) is 13.1 Å². The Morgan fingerprint density at radius 1 is 0.947 bits per heavy atom. The van der Waals surface area contributed by atoms with Crippen molar-refractivity contribution in [2.24, 2.45) is 0 Å². The van der Waals surface area contributed by atoms with Crippen LogP contribution in [0.3, 0.4) is 0 Å². The van der Waals surface area contributed by atoms with Crippen LogP contribution in [0, 0.1) is 39.3 Å². The highest BCUT2D eigenvalue weighted by atomic mass is 19.1. The highest BCUT2D eigenvalue weighted by Crippen LogP contribution is 2.36. The van der Waals surface area contributed by atoms with E-state index in [-0.39, 0.29) is 23.8 Å². The maximum atomic E-state index is 14.0. The molecule has 9 heteroatoms. The number of piperidine rings is 1. The zero-order valence-electron chi connectivity index (χ0n) is 21.9. The molecule has 1 fully saturated rings. The highest BCUT2D eigenvalue weighted by Gasteiger charge is 2.30. The summed E-state index contributed by atoms with van der Waals surface area (Å²) in [6.07, 6.45) is 0.988. The molecule has 0 N–H and O–H groups in total. The predicted molar refractivity (Wildman–Crippen MR) is 138 cm³/mol. The number of rotatable bonds is 5. The zero-order valence-corrected chi connectivity index (χ0v) is 21.9. The molecule has 2 aromatic carbocycles. The fourth-order valence-corrected chi connectivity index (χ4v) is 5.20. The van der Waals surface area contributed by atoms with Crippen LogP contribution in [0.4, 0.5) is 8.78 Å². The lowest BCUT2D eigenvalue weighted by Gasteiger charge is -2.32. The van der Waals surface area contributed by atoms with Crippen LogP contribution < -0.4 is 0 Å². The van der Waals surface area contributed by atoms with Gasteiger partial charge < -0.3 is 9.32 Å². The van der Waals surface area contributed by atoms with E-state index in [1.165, 1.54) is 18.2 Å². The van der Waals surface area contributed by atoms with Gasteiger partial charge in [0.25, 0.3) is 5.89 Å². The summed E-state index contributed by atoms with van der Waals surface area (Å²) >= 11 is 0. The quantitative estimate of drug-likeness (QED) is 0.340. The van der Waals surface area contributed by atoms with Gasteiger partial charge in [-0.05, 0) is 64.8 Å². The van der Waals surface area contributed by atoms with E-state index in [1.807, 2.05) is 39.8 Å². The standard InChI is InChI=1S/C29H29F2N5O2/c1-16-12-17(2)14-21(13-16)28-34-35-29(38-28)26-18(3)32-19(4)33-27(26)20-8-10-36(11-9-20)25(37)15-22-23(30)6-5-7-24(22)31/h5-7,12-14,20H,8-11,15H2,1-4H3. The number of benzene rings is 2. The first-order chi connectivity index (χ1) is 18.2. The van der Waals surface area contributed by atoms with Crippen LogP contribution in [-0.2, 0) is 11.2 Å². The van der Waals surface area contributed by atoms with Crippen molar-refractivity contribution in [3.8, 4) is 22.9 Å². The van der Waals surface area contributed by atoms with Crippen LogP contribution in [0.1, 0.15) is 52.7 Å². The van der Waals surface area contributed by atoms with Crippen molar-refractivity contribution in [1.29, 1.82) is 0 Å². The molecule has 0 bridgehead atoms. The Balaban J connectivity index is 1.37. The Morgan fingerprint density at radius 2 is 1.58 bits per heavy atom. The first-order valence-electron chi connectivity index (χ1n) is 12.7. The number of halogens is 2. The van der Waals surface area contributed by atoms with E-state index in [0.29, 0.717) is 43.5 Å². The van der Waals surface area contributed by atoms with Crippen molar-refractivity contribution in [2.45, 2.75) is 52.9 Å². The summed E-state index contributed by atoms with van der Waals surface area (Å²) in [5.41, 5.74) is 5.15. The smallest absolute Gasteiger partial charge is 0.251 e. The van der Waals surface area contributed by atoms with Crippen molar-refractivity contribution in [3.63, 3.8) is 0 Å². The lowest BCUT2D eigenvalue weighted by atomic mass is 9.89. The second-order valence-corrected chi connectivity index (χ2v) is 9.94. The Morgan fingerprint density at radius 3 is 2.24 bits per heavy atom. The summed E-state index contributed by atoms with van der Waals surface area (Å²) in [7, 11) is 0. The van der Waals surface area contributed by atoms with Gasteiger partial charge in [0.2, 0.25) is 11.8 Å². The van der Waals surface area contributed by atoms with E-state index in [0.717, 1.165) is 33.6 Å². The van der Waals surface area contributed by atoms with Crippen LogP contribution in [0.25, 0.3) is 22.9 Å². The predicted octanol–water partition coefficient (Wildman–Crippen LogP) is 5.65. The molecule has 38 heavy (non-hydrogen) atoms. The van der Waals surface area contributed by atoms with E-state index in [2.05, 4.69) is 21.2 Å². The molecule has 0 spiro atoms. The summed E-state index contributed by atoms with van der Waals surface area (Å²) < 4.78 is 34.2. The van der Waals surface area contributed by atoms with Gasteiger partial charge in [0, 0.05) is 30.1 Å². The molecule has 196 valence electrons. The summed E-state index contributed by atoms with van der Waals surface area (Å²) in [4.78, 5) is 23.8. The number of amides is 1. The largest absolute Gasteiger partial charge is 0.416 e. The average Bonchev–Trinajstić information content (AvgIpc) is 3.35. The van der Waals surface area contributed by atoms with Crippen molar-refractivity contribution in [1.82, 2.24) is 25.1 Å². The molecule has 0 aliphatic carbocycles. The molecule has 1 aliphatic heterocycles. The molecule has 2 aromatic heterocycles. The number of hydrogen-bond donors (Lipinski definition) is 0. The molecule has 0 unspecified atom stereocenters. The van der Waals surface area contributed by atoms with Gasteiger partial charge in [0.15, 0.2) is 0 Å². The summed E-state index contributed by atoms with van der Waals surface area (Å²) in [5.74, 6) is -0.231. The van der Waals surface area contributed by atoms with Crippen LogP contribution in [-0.4, -0.2) is 44.1 Å². The topological polar surface area (TPSA) is 85.0 Å². The second-order valence-electron chi connectivity index (χ2n) is 9.94. The fraction of sp³-hybridized carbons (Fsp3) is 0.345. The van der Waals surface area contributed by atoms with E-state index >= 15 is 0 Å². The molecule has 5 rings (SSSR count). The van der Waals surface area contributed by atoms with Crippen molar-refractivity contribution >= 4 is 5.91 Å². The molecule has 4 aromatic rings. The van der Waals surface area contributed by atoms with Gasteiger partial charge in [-0.1, -0.05) is 23.3 Å². The van der Waals surface area contributed by atoms with E-state index in [1.54, 1.807) is 4.90 Å². The molecule has 1 amide bonds. The van der Waals surface area contributed by atoms with E-state index < -0.39 is 11.6 Å². The molecular weight excluding hydrogens is 488 g/mol. The fourth-order valence-electron chi connectivity index (χ4n) is 5.20. The van der Waals surface area contributed by atoms with Crippen molar-refractivity contribution < 1.29 is 18.0 Å². The molecule has 7 nitrogen and oxygen atoms in total. The lowest BCUT2D eigenvalue weighted by Crippen LogP contribution is -2.39.